The molecular formula is C11H18N4O3S. The van der Waals surface area contributed by atoms with Crippen molar-refractivity contribution in [1.82, 2.24) is 14.3 Å². The Morgan fingerprint density at radius 2 is 2.00 bits per heavy atom. The topological polar surface area (TPSA) is 109 Å². The molecule has 0 amide bonds. The van der Waals surface area contributed by atoms with Crippen molar-refractivity contribution in [3.8, 4) is 0 Å². The van der Waals surface area contributed by atoms with Crippen LogP contribution in [0.1, 0.15) is 25.7 Å². The van der Waals surface area contributed by atoms with E-state index in [4.69, 9.17) is 10.8 Å². The molecule has 0 bridgehead atoms. The maximum Gasteiger partial charge on any atom is 0.246 e. The van der Waals surface area contributed by atoms with Crippen LogP contribution in [0, 0.1) is 0 Å². The van der Waals surface area contributed by atoms with Gasteiger partial charge in [0.25, 0.3) is 0 Å². The van der Waals surface area contributed by atoms with Crippen LogP contribution in [0.3, 0.4) is 0 Å². The van der Waals surface area contributed by atoms with Crippen molar-refractivity contribution in [2.24, 2.45) is 0 Å². The average Bonchev–Trinajstić information content (AvgIpc) is 2.32. The number of aliphatic hydroxyl groups excluding tert-OH is 1. The van der Waals surface area contributed by atoms with Gasteiger partial charge in [0.1, 0.15) is 4.90 Å². The molecule has 3 N–H and O–H groups in total. The minimum absolute atomic E-state index is 0.0223. The molecule has 19 heavy (non-hydrogen) atoms. The predicted molar refractivity (Wildman–Crippen MR) is 69.7 cm³/mol. The summed E-state index contributed by atoms with van der Waals surface area (Å²) in [7, 11) is -3.61. The SMILES string of the molecule is Nc1ncc(S(=O)(=O)N(CCCO)C2CCC2)cn1. The van der Waals surface area contributed by atoms with Gasteiger partial charge >= 0.3 is 0 Å². The van der Waals surface area contributed by atoms with Crippen molar-refractivity contribution in [3.05, 3.63) is 12.4 Å². The molecule has 106 valence electrons. The van der Waals surface area contributed by atoms with E-state index < -0.39 is 10.0 Å². The number of anilines is 1. The first-order chi connectivity index (χ1) is 9.05. The maximum atomic E-state index is 12.5. The predicted octanol–water partition coefficient (Wildman–Crippen LogP) is -0.0156. The lowest BCUT2D eigenvalue weighted by Gasteiger charge is -2.36. The Labute approximate surface area is 112 Å². The molecule has 0 spiro atoms. The van der Waals surface area contributed by atoms with Crippen molar-refractivity contribution >= 4 is 16.0 Å². The van der Waals surface area contributed by atoms with Crippen LogP contribution in [-0.4, -0.2) is 47.0 Å². The lowest BCUT2D eigenvalue weighted by atomic mass is 9.93. The van der Waals surface area contributed by atoms with E-state index in [1.54, 1.807) is 0 Å². The first kappa shape index (κ1) is 14.2. The Hall–Kier alpha value is -1.25. The Kier molecular flexibility index (Phi) is 4.33. The summed E-state index contributed by atoms with van der Waals surface area (Å²) in [5, 5.41) is 8.90. The number of nitrogen functional groups attached to an aromatic ring is 1. The van der Waals surface area contributed by atoms with Crippen molar-refractivity contribution in [3.63, 3.8) is 0 Å². The molecule has 1 fully saturated rings. The molecule has 1 aromatic rings. The van der Waals surface area contributed by atoms with Crippen LogP contribution in [0.25, 0.3) is 0 Å². The Balaban J connectivity index is 2.24. The van der Waals surface area contributed by atoms with E-state index >= 15 is 0 Å². The van der Waals surface area contributed by atoms with Crippen LogP contribution in [0.4, 0.5) is 5.95 Å². The van der Waals surface area contributed by atoms with Gasteiger partial charge in [-0.2, -0.15) is 4.31 Å². The number of hydrogen-bond donors (Lipinski definition) is 2. The molecule has 1 aliphatic carbocycles. The molecule has 1 aromatic heterocycles. The van der Waals surface area contributed by atoms with Crippen LogP contribution in [-0.2, 0) is 10.0 Å². The zero-order chi connectivity index (χ0) is 13.9. The third-order valence-electron chi connectivity index (χ3n) is 3.27. The summed E-state index contributed by atoms with van der Waals surface area (Å²) in [6, 6.07) is 0.0223. The van der Waals surface area contributed by atoms with Crippen molar-refractivity contribution < 1.29 is 13.5 Å². The third-order valence-corrected chi connectivity index (χ3v) is 5.18. The molecule has 0 unspecified atom stereocenters. The molecule has 0 radical (unpaired) electrons. The minimum Gasteiger partial charge on any atom is -0.396 e. The minimum atomic E-state index is -3.61. The standard InChI is InChI=1S/C11H18N4O3S/c12-11-13-7-10(8-14-11)19(17,18)15(5-2-6-16)9-3-1-4-9/h7-9,16H,1-6H2,(H2,12,13,14). The number of nitrogens with zero attached hydrogens (tertiary/aromatic N) is 3. The van der Waals surface area contributed by atoms with Crippen molar-refractivity contribution in [1.29, 1.82) is 0 Å². The summed E-state index contributed by atoms with van der Waals surface area (Å²) >= 11 is 0. The molecule has 0 aromatic carbocycles. The summed E-state index contributed by atoms with van der Waals surface area (Å²) in [4.78, 5) is 7.49. The summed E-state index contributed by atoms with van der Waals surface area (Å²) in [6.45, 7) is 0.283. The zero-order valence-electron chi connectivity index (χ0n) is 10.6. The molecule has 8 heteroatoms. The zero-order valence-corrected chi connectivity index (χ0v) is 11.4. The smallest absolute Gasteiger partial charge is 0.246 e. The summed E-state index contributed by atoms with van der Waals surface area (Å²) in [5.41, 5.74) is 5.36. The molecule has 1 heterocycles. The van der Waals surface area contributed by atoms with Gasteiger partial charge < -0.3 is 10.8 Å². The number of sulfonamides is 1. The number of aliphatic hydroxyl groups is 1. The number of nitrogens with two attached hydrogens (primary N) is 1. The molecule has 1 aliphatic rings. The fourth-order valence-electron chi connectivity index (χ4n) is 2.00. The van der Waals surface area contributed by atoms with E-state index in [0.717, 1.165) is 19.3 Å². The van der Waals surface area contributed by atoms with Crippen LogP contribution in [0.15, 0.2) is 17.3 Å². The van der Waals surface area contributed by atoms with Gasteiger partial charge in [-0.15, -0.1) is 0 Å². The van der Waals surface area contributed by atoms with E-state index in [-0.39, 0.29) is 23.5 Å². The largest absolute Gasteiger partial charge is 0.396 e. The summed E-state index contributed by atoms with van der Waals surface area (Å²) < 4.78 is 26.5. The van der Waals surface area contributed by atoms with Gasteiger partial charge in [-0.1, -0.05) is 6.42 Å². The first-order valence-electron chi connectivity index (χ1n) is 6.26. The van der Waals surface area contributed by atoms with Crippen LogP contribution >= 0.6 is 0 Å². The highest BCUT2D eigenvalue weighted by Crippen LogP contribution is 2.29. The highest BCUT2D eigenvalue weighted by Gasteiger charge is 2.34. The molecule has 0 atom stereocenters. The van der Waals surface area contributed by atoms with E-state index in [9.17, 15) is 8.42 Å². The fourth-order valence-corrected chi connectivity index (χ4v) is 3.61. The lowest BCUT2D eigenvalue weighted by molar-refractivity contribution is 0.198. The van der Waals surface area contributed by atoms with Gasteiger partial charge in [0.05, 0.1) is 12.4 Å². The second kappa shape index (κ2) is 5.81. The van der Waals surface area contributed by atoms with Gasteiger partial charge in [-0.25, -0.2) is 18.4 Å². The Morgan fingerprint density at radius 3 is 2.47 bits per heavy atom. The van der Waals surface area contributed by atoms with Crippen LogP contribution in [0.5, 0.6) is 0 Å². The molecule has 0 saturated heterocycles. The summed E-state index contributed by atoms with van der Waals surface area (Å²) in [6.07, 6.45) is 5.63. The van der Waals surface area contributed by atoms with Crippen molar-refractivity contribution in [2.45, 2.75) is 36.6 Å². The van der Waals surface area contributed by atoms with E-state index in [2.05, 4.69) is 9.97 Å². The normalized spacial score (nSPS) is 16.5. The molecule has 0 aliphatic heterocycles. The van der Waals surface area contributed by atoms with Gasteiger partial charge in [0, 0.05) is 19.2 Å². The Morgan fingerprint density at radius 1 is 1.37 bits per heavy atom. The highest BCUT2D eigenvalue weighted by molar-refractivity contribution is 7.89. The van der Waals surface area contributed by atoms with Gasteiger partial charge in [-0.05, 0) is 19.3 Å². The fraction of sp³-hybridized carbons (Fsp3) is 0.636. The van der Waals surface area contributed by atoms with Crippen LogP contribution in [0.2, 0.25) is 0 Å². The van der Waals surface area contributed by atoms with E-state index in [1.807, 2.05) is 0 Å². The van der Waals surface area contributed by atoms with Gasteiger partial charge in [0.2, 0.25) is 16.0 Å². The summed E-state index contributed by atoms with van der Waals surface area (Å²) in [5.74, 6) is 0.0458. The van der Waals surface area contributed by atoms with Gasteiger partial charge in [0.15, 0.2) is 0 Å². The second-order valence-corrected chi connectivity index (χ2v) is 6.45. The molecule has 1 saturated carbocycles. The average molecular weight is 286 g/mol. The number of hydrogen-bond acceptors (Lipinski definition) is 6. The first-order valence-corrected chi connectivity index (χ1v) is 7.70. The second-order valence-electron chi connectivity index (χ2n) is 4.55. The van der Waals surface area contributed by atoms with E-state index in [1.165, 1.54) is 16.7 Å². The monoisotopic (exact) mass is 286 g/mol. The highest BCUT2D eigenvalue weighted by atomic mass is 32.2. The molecular weight excluding hydrogens is 268 g/mol. The Bertz CT molecular complexity index is 513. The van der Waals surface area contributed by atoms with Crippen LogP contribution < -0.4 is 5.73 Å². The van der Waals surface area contributed by atoms with E-state index in [0.29, 0.717) is 13.0 Å². The third kappa shape index (κ3) is 3.02. The number of rotatable bonds is 6. The maximum absolute atomic E-state index is 12.5. The molecule has 7 nitrogen and oxygen atoms in total. The quantitative estimate of drug-likeness (QED) is 0.761. The molecule has 2 rings (SSSR count). The van der Waals surface area contributed by atoms with Gasteiger partial charge in [-0.3, -0.25) is 0 Å². The number of aromatic nitrogens is 2. The lowest BCUT2D eigenvalue weighted by Crippen LogP contribution is -2.44. The van der Waals surface area contributed by atoms with Crippen molar-refractivity contribution in [2.75, 3.05) is 18.9 Å².